The van der Waals surface area contributed by atoms with E-state index in [2.05, 4.69) is 20.1 Å². The number of nitrogens with one attached hydrogen (secondary N) is 1. The van der Waals surface area contributed by atoms with Gasteiger partial charge in [0, 0.05) is 19.2 Å². The number of aliphatic hydroxyl groups is 1. The van der Waals surface area contributed by atoms with Gasteiger partial charge in [0.2, 0.25) is 5.91 Å². The number of hydrogen-bond donors (Lipinski definition) is 2. The number of nitrogens with zero attached hydrogens (tertiary/aromatic N) is 3. The van der Waals surface area contributed by atoms with Crippen LogP contribution in [0.4, 0.5) is 0 Å². The summed E-state index contributed by atoms with van der Waals surface area (Å²) in [6.07, 6.45) is 8.00. The molecule has 2 N–H and O–H groups in total. The quantitative estimate of drug-likeness (QED) is 0.504. The van der Waals surface area contributed by atoms with Crippen LogP contribution in [0, 0.1) is 0 Å². The summed E-state index contributed by atoms with van der Waals surface area (Å²) >= 11 is 1.45. The van der Waals surface area contributed by atoms with Crippen molar-refractivity contribution in [3.8, 4) is 0 Å². The maximum atomic E-state index is 11.7. The highest BCUT2D eigenvalue weighted by Crippen LogP contribution is 2.37. The first kappa shape index (κ1) is 15.3. The molecule has 20 heavy (non-hydrogen) atoms. The first-order chi connectivity index (χ1) is 9.81. The third-order valence-electron chi connectivity index (χ3n) is 3.22. The van der Waals surface area contributed by atoms with Crippen molar-refractivity contribution in [2.24, 2.45) is 0 Å². The summed E-state index contributed by atoms with van der Waals surface area (Å²) < 4.78 is 2.06. The van der Waals surface area contributed by atoms with E-state index in [0.29, 0.717) is 18.3 Å². The zero-order valence-corrected chi connectivity index (χ0v) is 12.4. The Balaban J connectivity index is 1.56. The van der Waals surface area contributed by atoms with Gasteiger partial charge in [0.1, 0.15) is 6.33 Å². The molecule has 0 spiro atoms. The normalized spacial score (nSPS) is 14.4. The number of aliphatic hydroxyl groups excluding tert-OH is 1. The lowest BCUT2D eigenvalue weighted by molar-refractivity contribution is -0.118. The molecular formula is C13H22N4O2S. The van der Waals surface area contributed by atoms with Crippen molar-refractivity contribution in [3.63, 3.8) is 0 Å². The molecule has 0 unspecified atom stereocenters. The Hall–Kier alpha value is -1.08. The molecule has 1 saturated carbocycles. The van der Waals surface area contributed by atoms with Crippen molar-refractivity contribution in [1.82, 2.24) is 20.1 Å². The minimum Gasteiger partial charge on any atom is -0.396 e. The Morgan fingerprint density at radius 1 is 1.40 bits per heavy atom. The van der Waals surface area contributed by atoms with Gasteiger partial charge in [-0.25, -0.2) is 0 Å². The smallest absolute Gasteiger partial charge is 0.230 e. The van der Waals surface area contributed by atoms with Crippen LogP contribution in [0.25, 0.3) is 0 Å². The summed E-state index contributed by atoms with van der Waals surface area (Å²) in [5.74, 6) is 0.435. The zero-order valence-electron chi connectivity index (χ0n) is 11.6. The van der Waals surface area contributed by atoms with Crippen molar-refractivity contribution in [2.45, 2.75) is 49.7 Å². The van der Waals surface area contributed by atoms with E-state index in [4.69, 9.17) is 5.11 Å². The molecule has 6 nitrogen and oxygen atoms in total. The number of unbranched alkanes of at least 4 members (excludes halogenated alkanes) is 3. The third-order valence-corrected chi connectivity index (χ3v) is 4.18. The monoisotopic (exact) mass is 298 g/mol. The average molecular weight is 298 g/mol. The van der Waals surface area contributed by atoms with Gasteiger partial charge in [-0.2, -0.15) is 0 Å². The molecule has 0 aromatic carbocycles. The van der Waals surface area contributed by atoms with Crippen molar-refractivity contribution < 1.29 is 9.90 Å². The predicted octanol–water partition coefficient (Wildman–Crippen LogP) is 1.37. The molecule has 1 aliphatic carbocycles. The maximum Gasteiger partial charge on any atom is 0.230 e. The van der Waals surface area contributed by atoms with E-state index < -0.39 is 0 Å². The van der Waals surface area contributed by atoms with E-state index >= 15 is 0 Å². The number of carbonyl (C=O) groups is 1. The Morgan fingerprint density at radius 2 is 2.20 bits per heavy atom. The first-order valence-electron chi connectivity index (χ1n) is 7.21. The molecule has 7 heteroatoms. The van der Waals surface area contributed by atoms with Crippen LogP contribution >= 0.6 is 11.8 Å². The van der Waals surface area contributed by atoms with E-state index in [1.807, 2.05) is 0 Å². The van der Waals surface area contributed by atoms with Crippen LogP contribution in [0.2, 0.25) is 0 Å². The molecule has 112 valence electrons. The minimum atomic E-state index is 0.0440. The minimum absolute atomic E-state index is 0.0440. The molecule has 1 aromatic rings. The van der Waals surface area contributed by atoms with Gasteiger partial charge < -0.3 is 15.0 Å². The Kier molecular flexibility index (Phi) is 6.32. The lowest BCUT2D eigenvalue weighted by atomic mass is 10.2. The standard InChI is InChI=1S/C13H22N4O2S/c18-8-4-2-1-3-7-14-12(19)9-20-13-16-15-10-17(13)11-5-6-11/h10-11,18H,1-9H2,(H,14,19). The number of rotatable bonds is 10. The Bertz CT molecular complexity index is 420. The second-order valence-corrected chi connectivity index (χ2v) is 5.97. The van der Waals surface area contributed by atoms with Gasteiger partial charge in [0.05, 0.1) is 5.75 Å². The summed E-state index contributed by atoms with van der Waals surface area (Å²) in [7, 11) is 0. The Morgan fingerprint density at radius 3 is 2.95 bits per heavy atom. The highest BCUT2D eigenvalue weighted by Gasteiger charge is 2.26. The zero-order chi connectivity index (χ0) is 14.2. The van der Waals surface area contributed by atoms with Crippen LogP contribution in [0.1, 0.15) is 44.6 Å². The molecule has 0 aliphatic heterocycles. The van der Waals surface area contributed by atoms with Gasteiger partial charge in [0.25, 0.3) is 0 Å². The summed E-state index contributed by atoms with van der Waals surface area (Å²) in [6, 6.07) is 0.544. The second-order valence-electron chi connectivity index (χ2n) is 5.03. The third kappa shape index (κ3) is 5.13. The van der Waals surface area contributed by atoms with E-state index in [9.17, 15) is 4.79 Å². The van der Waals surface area contributed by atoms with Gasteiger partial charge in [-0.15, -0.1) is 10.2 Å². The number of aromatic nitrogens is 3. The summed E-state index contributed by atoms with van der Waals surface area (Å²) in [4.78, 5) is 11.7. The van der Waals surface area contributed by atoms with Gasteiger partial charge in [-0.05, 0) is 25.7 Å². The van der Waals surface area contributed by atoms with Crippen LogP contribution in [-0.2, 0) is 4.79 Å². The number of hydrogen-bond acceptors (Lipinski definition) is 5. The second kappa shape index (κ2) is 8.26. The highest BCUT2D eigenvalue weighted by molar-refractivity contribution is 7.99. The van der Waals surface area contributed by atoms with Crippen LogP contribution in [-0.4, -0.2) is 44.7 Å². The van der Waals surface area contributed by atoms with E-state index in [1.54, 1.807) is 6.33 Å². The number of thioether (sulfide) groups is 1. The average Bonchev–Trinajstić information content (AvgIpc) is 3.19. The molecule has 0 saturated heterocycles. The van der Waals surface area contributed by atoms with Gasteiger partial charge in [-0.3, -0.25) is 4.79 Å². The van der Waals surface area contributed by atoms with Crippen LogP contribution in [0.15, 0.2) is 11.5 Å². The van der Waals surface area contributed by atoms with Crippen molar-refractivity contribution >= 4 is 17.7 Å². The molecule has 1 fully saturated rings. The Labute approximate surface area is 123 Å². The number of carbonyl (C=O) groups excluding carboxylic acids is 1. The van der Waals surface area contributed by atoms with Crippen molar-refractivity contribution in [3.05, 3.63) is 6.33 Å². The van der Waals surface area contributed by atoms with E-state index in [1.165, 1.54) is 24.6 Å². The molecular weight excluding hydrogens is 276 g/mol. The fraction of sp³-hybridized carbons (Fsp3) is 0.769. The summed E-state index contributed by atoms with van der Waals surface area (Å²) in [6.45, 7) is 0.963. The van der Waals surface area contributed by atoms with Gasteiger partial charge in [-0.1, -0.05) is 24.6 Å². The van der Waals surface area contributed by atoms with E-state index in [0.717, 1.165) is 30.8 Å². The first-order valence-corrected chi connectivity index (χ1v) is 8.19. The lowest BCUT2D eigenvalue weighted by Crippen LogP contribution is -2.26. The molecule has 1 aliphatic rings. The van der Waals surface area contributed by atoms with Crippen molar-refractivity contribution in [1.29, 1.82) is 0 Å². The molecule has 0 radical (unpaired) electrons. The fourth-order valence-corrected chi connectivity index (χ4v) is 2.75. The number of amides is 1. The summed E-state index contributed by atoms with van der Waals surface area (Å²) in [5, 5.41) is 20.4. The SMILES string of the molecule is O=C(CSc1nncn1C1CC1)NCCCCCCO. The molecule has 0 bridgehead atoms. The molecule has 1 heterocycles. The molecule has 1 aromatic heterocycles. The fourth-order valence-electron chi connectivity index (χ4n) is 1.94. The largest absolute Gasteiger partial charge is 0.396 e. The van der Waals surface area contributed by atoms with Crippen LogP contribution in [0.5, 0.6) is 0 Å². The summed E-state index contributed by atoms with van der Waals surface area (Å²) in [5.41, 5.74) is 0. The lowest BCUT2D eigenvalue weighted by Gasteiger charge is -2.06. The topological polar surface area (TPSA) is 80.0 Å². The van der Waals surface area contributed by atoms with Crippen molar-refractivity contribution in [2.75, 3.05) is 18.9 Å². The van der Waals surface area contributed by atoms with E-state index in [-0.39, 0.29) is 12.5 Å². The molecule has 2 rings (SSSR count). The van der Waals surface area contributed by atoms with Crippen LogP contribution < -0.4 is 5.32 Å². The van der Waals surface area contributed by atoms with Gasteiger partial charge in [0.15, 0.2) is 5.16 Å². The predicted molar refractivity (Wildman–Crippen MR) is 77.6 cm³/mol. The van der Waals surface area contributed by atoms with Crippen LogP contribution in [0.3, 0.4) is 0 Å². The van der Waals surface area contributed by atoms with Gasteiger partial charge >= 0.3 is 0 Å². The molecule has 0 atom stereocenters. The highest BCUT2D eigenvalue weighted by atomic mass is 32.2. The molecule has 1 amide bonds. The maximum absolute atomic E-state index is 11.7.